The Bertz CT molecular complexity index is 817. The van der Waals surface area contributed by atoms with Crippen molar-refractivity contribution >= 4 is 5.91 Å². The van der Waals surface area contributed by atoms with Gasteiger partial charge in [0.2, 0.25) is 12.7 Å². The van der Waals surface area contributed by atoms with Crippen molar-refractivity contribution in [2.24, 2.45) is 0 Å². The van der Waals surface area contributed by atoms with E-state index >= 15 is 0 Å². The molecule has 0 saturated carbocycles. The number of carbonyl (C=O) groups excluding carboxylic acids is 1. The first-order valence-electron chi connectivity index (χ1n) is 9.80. The fourth-order valence-electron chi connectivity index (χ4n) is 3.67. The van der Waals surface area contributed by atoms with Gasteiger partial charge in [-0.3, -0.25) is 9.69 Å². The van der Waals surface area contributed by atoms with Crippen LogP contribution < -0.4 is 9.47 Å². The van der Waals surface area contributed by atoms with Gasteiger partial charge in [0.15, 0.2) is 11.5 Å². The van der Waals surface area contributed by atoms with Crippen molar-refractivity contribution < 1.29 is 18.7 Å². The summed E-state index contributed by atoms with van der Waals surface area (Å²) >= 11 is 0. The molecule has 2 aliphatic rings. The van der Waals surface area contributed by atoms with E-state index in [4.69, 9.17) is 9.47 Å². The molecule has 2 heterocycles. The number of amides is 1. The molecule has 5 nitrogen and oxygen atoms in total. The quantitative estimate of drug-likeness (QED) is 0.768. The minimum absolute atomic E-state index is 0.198. The Hall–Kier alpha value is -2.60. The smallest absolute Gasteiger partial charge is 0.231 e. The Morgan fingerprint density at radius 3 is 2.39 bits per heavy atom. The summed E-state index contributed by atoms with van der Waals surface area (Å²) < 4.78 is 23.7. The number of nitrogens with zero attached hydrogens (tertiary/aromatic N) is 2. The largest absolute Gasteiger partial charge is 0.454 e. The van der Waals surface area contributed by atoms with E-state index in [1.165, 1.54) is 12.1 Å². The molecular formula is C22H25FN2O3. The van der Waals surface area contributed by atoms with Gasteiger partial charge in [-0.1, -0.05) is 18.2 Å². The van der Waals surface area contributed by atoms with Gasteiger partial charge in [0, 0.05) is 39.1 Å². The highest BCUT2D eigenvalue weighted by atomic mass is 19.1. The standard InChI is InChI=1S/C22H25FN2O3/c23-19-5-1-17(2-6-19)9-10-24-11-13-25(14-12-24)22(26)8-4-18-3-7-20-21(15-18)28-16-27-20/h1-3,5-7,15H,4,8-14,16H2. The van der Waals surface area contributed by atoms with E-state index in [1.54, 1.807) is 0 Å². The van der Waals surface area contributed by atoms with Gasteiger partial charge in [-0.15, -0.1) is 0 Å². The number of piperazine rings is 1. The lowest BCUT2D eigenvalue weighted by Gasteiger charge is -2.34. The normalized spacial score (nSPS) is 16.4. The van der Waals surface area contributed by atoms with Crippen molar-refractivity contribution in [3.8, 4) is 11.5 Å². The zero-order chi connectivity index (χ0) is 19.3. The molecule has 0 N–H and O–H groups in total. The maximum absolute atomic E-state index is 13.0. The molecule has 0 aliphatic carbocycles. The number of aryl methyl sites for hydroxylation is 1. The van der Waals surface area contributed by atoms with E-state index in [1.807, 2.05) is 35.2 Å². The van der Waals surface area contributed by atoms with E-state index in [9.17, 15) is 9.18 Å². The molecule has 0 radical (unpaired) electrons. The van der Waals surface area contributed by atoms with E-state index in [0.29, 0.717) is 12.8 Å². The maximum atomic E-state index is 13.0. The van der Waals surface area contributed by atoms with Crippen LogP contribution in [0.4, 0.5) is 4.39 Å². The van der Waals surface area contributed by atoms with Crippen LogP contribution in [0.2, 0.25) is 0 Å². The summed E-state index contributed by atoms with van der Waals surface area (Å²) in [5.74, 6) is 1.54. The number of halogens is 1. The van der Waals surface area contributed by atoms with E-state index in [0.717, 1.165) is 61.8 Å². The van der Waals surface area contributed by atoms with Crippen LogP contribution in [-0.4, -0.2) is 55.2 Å². The van der Waals surface area contributed by atoms with Gasteiger partial charge in [-0.2, -0.15) is 0 Å². The monoisotopic (exact) mass is 384 g/mol. The van der Waals surface area contributed by atoms with E-state index in [-0.39, 0.29) is 18.5 Å². The number of ether oxygens (including phenoxy) is 2. The average Bonchev–Trinajstić information content (AvgIpc) is 3.20. The fourth-order valence-corrected chi connectivity index (χ4v) is 3.67. The van der Waals surface area contributed by atoms with Gasteiger partial charge in [-0.25, -0.2) is 4.39 Å². The summed E-state index contributed by atoms with van der Waals surface area (Å²) in [5.41, 5.74) is 2.24. The second-order valence-corrected chi connectivity index (χ2v) is 7.29. The van der Waals surface area contributed by atoms with E-state index < -0.39 is 0 Å². The highest BCUT2D eigenvalue weighted by molar-refractivity contribution is 5.76. The second kappa shape index (κ2) is 8.61. The molecule has 0 unspecified atom stereocenters. The zero-order valence-corrected chi connectivity index (χ0v) is 15.9. The molecule has 2 aromatic rings. The molecule has 1 saturated heterocycles. The molecule has 0 spiro atoms. The van der Waals surface area contributed by atoms with E-state index in [2.05, 4.69) is 4.90 Å². The Balaban J connectivity index is 1.19. The van der Waals surface area contributed by atoms with Gasteiger partial charge < -0.3 is 14.4 Å². The number of hydrogen-bond acceptors (Lipinski definition) is 4. The minimum Gasteiger partial charge on any atom is -0.454 e. The zero-order valence-electron chi connectivity index (χ0n) is 15.9. The van der Waals surface area contributed by atoms with Crippen molar-refractivity contribution in [3.05, 3.63) is 59.4 Å². The Morgan fingerprint density at radius 1 is 0.893 bits per heavy atom. The predicted octanol–water partition coefficient (Wildman–Crippen LogP) is 2.87. The Morgan fingerprint density at radius 2 is 1.61 bits per heavy atom. The number of fused-ring (bicyclic) bond motifs is 1. The summed E-state index contributed by atoms with van der Waals surface area (Å²) in [6.45, 7) is 4.51. The van der Waals surface area contributed by atoms with Crippen molar-refractivity contribution in [2.75, 3.05) is 39.5 Å². The molecule has 28 heavy (non-hydrogen) atoms. The molecule has 0 atom stereocenters. The maximum Gasteiger partial charge on any atom is 0.231 e. The van der Waals surface area contributed by atoms with Crippen molar-refractivity contribution in [1.82, 2.24) is 9.80 Å². The molecule has 0 aromatic heterocycles. The van der Waals surface area contributed by atoms with Gasteiger partial charge in [-0.05, 0) is 48.2 Å². The summed E-state index contributed by atoms with van der Waals surface area (Å²) in [6.07, 6.45) is 2.12. The first-order valence-corrected chi connectivity index (χ1v) is 9.80. The molecule has 2 aromatic carbocycles. The van der Waals surface area contributed by atoms with Gasteiger partial charge in [0.25, 0.3) is 0 Å². The third kappa shape index (κ3) is 4.62. The highest BCUT2D eigenvalue weighted by Gasteiger charge is 2.21. The van der Waals surface area contributed by atoms with Crippen LogP contribution in [-0.2, 0) is 17.6 Å². The lowest BCUT2D eigenvalue weighted by atomic mass is 10.1. The Labute approximate surface area is 164 Å². The third-order valence-electron chi connectivity index (χ3n) is 5.42. The number of benzene rings is 2. The first-order chi connectivity index (χ1) is 13.7. The van der Waals surface area contributed by atoms with Crippen LogP contribution in [0.5, 0.6) is 11.5 Å². The average molecular weight is 384 g/mol. The molecule has 4 rings (SSSR count). The van der Waals surface area contributed by atoms with Gasteiger partial charge in [0.05, 0.1) is 0 Å². The van der Waals surface area contributed by atoms with Crippen LogP contribution in [0.15, 0.2) is 42.5 Å². The molecule has 2 aliphatic heterocycles. The summed E-state index contributed by atoms with van der Waals surface area (Å²) in [7, 11) is 0. The van der Waals surface area contributed by atoms with Crippen molar-refractivity contribution in [1.29, 1.82) is 0 Å². The van der Waals surface area contributed by atoms with Crippen LogP contribution in [0.25, 0.3) is 0 Å². The minimum atomic E-state index is -0.198. The number of hydrogen-bond donors (Lipinski definition) is 0. The van der Waals surface area contributed by atoms with Gasteiger partial charge in [0.1, 0.15) is 5.82 Å². The third-order valence-corrected chi connectivity index (χ3v) is 5.42. The molecule has 1 fully saturated rings. The first kappa shape index (κ1) is 18.7. The number of rotatable bonds is 6. The molecule has 0 bridgehead atoms. The Kier molecular flexibility index (Phi) is 5.76. The van der Waals surface area contributed by atoms with Crippen LogP contribution in [0.1, 0.15) is 17.5 Å². The second-order valence-electron chi connectivity index (χ2n) is 7.29. The van der Waals surface area contributed by atoms with Gasteiger partial charge >= 0.3 is 0 Å². The predicted molar refractivity (Wildman–Crippen MR) is 104 cm³/mol. The lowest BCUT2D eigenvalue weighted by molar-refractivity contribution is -0.132. The number of carbonyl (C=O) groups is 1. The summed E-state index contributed by atoms with van der Waals surface area (Å²) in [6, 6.07) is 12.5. The fraction of sp³-hybridized carbons (Fsp3) is 0.409. The highest BCUT2D eigenvalue weighted by Crippen LogP contribution is 2.32. The summed E-state index contributed by atoms with van der Waals surface area (Å²) in [5, 5.41) is 0. The molecule has 148 valence electrons. The topological polar surface area (TPSA) is 42.0 Å². The summed E-state index contributed by atoms with van der Waals surface area (Å²) in [4.78, 5) is 16.9. The van der Waals surface area contributed by atoms with Crippen LogP contribution >= 0.6 is 0 Å². The van der Waals surface area contributed by atoms with Crippen molar-refractivity contribution in [2.45, 2.75) is 19.3 Å². The molecule has 6 heteroatoms. The van der Waals surface area contributed by atoms with Crippen LogP contribution in [0, 0.1) is 5.82 Å². The SMILES string of the molecule is O=C(CCc1ccc2c(c1)OCO2)N1CCN(CCc2ccc(F)cc2)CC1. The molecule has 1 amide bonds. The molecular weight excluding hydrogens is 359 g/mol. The lowest BCUT2D eigenvalue weighted by Crippen LogP contribution is -2.49. The van der Waals surface area contributed by atoms with Crippen LogP contribution in [0.3, 0.4) is 0 Å². The van der Waals surface area contributed by atoms with Crippen molar-refractivity contribution in [3.63, 3.8) is 0 Å².